The van der Waals surface area contributed by atoms with Crippen LogP contribution in [-0.2, 0) is 19.0 Å². The largest absolute Gasteiger partial charge is 0.381 e. The van der Waals surface area contributed by atoms with Gasteiger partial charge in [0.15, 0.2) is 0 Å². The third kappa shape index (κ3) is 3.84. The van der Waals surface area contributed by atoms with E-state index in [1.165, 1.54) is 51.4 Å². The molecule has 0 N–H and O–H groups in total. The van der Waals surface area contributed by atoms with E-state index in [4.69, 9.17) is 8.92 Å². The van der Waals surface area contributed by atoms with Crippen LogP contribution in [0.15, 0.2) is 29.2 Å². The van der Waals surface area contributed by atoms with E-state index in [9.17, 15) is 8.42 Å². The molecule has 1 spiro atoms. The van der Waals surface area contributed by atoms with E-state index in [1.54, 1.807) is 12.1 Å². The van der Waals surface area contributed by atoms with Gasteiger partial charge in [-0.05, 0) is 130 Å². The second-order valence-corrected chi connectivity index (χ2v) is 15.8. The van der Waals surface area contributed by atoms with Gasteiger partial charge in [0.25, 0.3) is 10.1 Å². The molecule has 1 aromatic carbocycles. The Labute approximate surface area is 225 Å². The van der Waals surface area contributed by atoms with E-state index < -0.39 is 10.1 Å². The van der Waals surface area contributed by atoms with Crippen molar-refractivity contribution in [3.05, 3.63) is 29.8 Å². The van der Waals surface area contributed by atoms with Crippen LogP contribution in [-0.4, -0.2) is 28.2 Å². The normalized spacial score (nSPS) is 45.0. The van der Waals surface area contributed by atoms with Crippen LogP contribution in [0.3, 0.4) is 0 Å². The first-order valence-electron chi connectivity index (χ1n) is 15.1. The summed E-state index contributed by atoms with van der Waals surface area (Å²) in [5, 5.41) is 0. The van der Waals surface area contributed by atoms with E-state index >= 15 is 0 Å². The average molecular weight is 529 g/mol. The molecule has 5 aliphatic rings. The molecular formula is C32H48O4S. The highest BCUT2D eigenvalue weighted by atomic mass is 32.2. The number of hydrogen-bond acceptors (Lipinski definition) is 4. The summed E-state index contributed by atoms with van der Waals surface area (Å²) < 4.78 is 36.8. The first-order chi connectivity index (χ1) is 17.6. The van der Waals surface area contributed by atoms with Gasteiger partial charge in [-0.15, -0.1) is 0 Å². The summed E-state index contributed by atoms with van der Waals surface area (Å²) in [7, 11) is -1.69. The van der Waals surface area contributed by atoms with Crippen LogP contribution >= 0.6 is 0 Å². The summed E-state index contributed by atoms with van der Waals surface area (Å²) in [5.41, 5.74) is 2.45. The first kappa shape index (κ1) is 26.3. The van der Waals surface area contributed by atoms with E-state index in [-0.39, 0.29) is 11.5 Å². The Morgan fingerprint density at radius 1 is 1.03 bits per heavy atom. The van der Waals surface area contributed by atoms with Gasteiger partial charge in [0.05, 0.1) is 17.6 Å². The average Bonchev–Trinajstić information content (AvgIpc) is 3.37. The molecule has 0 aliphatic heterocycles. The van der Waals surface area contributed by atoms with Gasteiger partial charge in [-0.25, -0.2) is 0 Å². The number of aryl methyl sites for hydroxylation is 1. The molecule has 0 aromatic heterocycles. The van der Waals surface area contributed by atoms with Gasteiger partial charge in [-0.2, -0.15) is 8.42 Å². The maximum atomic E-state index is 12.6. The van der Waals surface area contributed by atoms with Crippen molar-refractivity contribution in [2.24, 2.45) is 51.8 Å². The molecule has 0 unspecified atom stereocenters. The number of methoxy groups -OCH3 is 1. The SMILES string of the molecule is CO[C@@H]1C[C@H]2[C@@H]3CC[C@H]([C@H](C)CCCOS(=O)(=O)c4ccc(C)cc4)[C@@]3(C)CC[C@@H]2[C@@]2(C)CC[C@H]3C[C@]312. The van der Waals surface area contributed by atoms with E-state index in [0.717, 1.165) is 48.0 Å². The Morgan fingerprint density at radius 3 is 2.49 bits per heavy atom. The van der Waals surface area contributed by atoms with Crippen LogP contribution in [0.1, 0.15) is 90.5 Å². The Bertz CT molecular complexity index is 1110. The fourth-order valence-corrected chi connectivity index (χ4v) is 12.0. The Kier molecular flexibility index (Phi) is 6.44. The molecule has 206 valence electrons. The van der Waals surface area contributed by atoms with Crippen LogP contribution in [0.2, 0.25) is 0 Å². The fourth-order valence-electron chi connectivity index (χ4n) is 11.1. The minimum Gasteiger partial charge on any atom is -0.381 e. The van der Waals surface area contributed by atoms with Gasteiger partial charge in [0, 0.05) is 12.5 Å². The molecule has 5 aliphatic carbocycles. The second kappa shape index (κ2) is 9.06. The quantitative estimate of drug-likeness (QED) is 0.261. The van der Waals surface area contributed by atoms with Crippen LogP contribution in [0.25, 0.3) is 0 Å². The molecule has 0 amide bonds. The molecule has 5 heteroatoms. The van der Waals surface area contributed by atoms with Gasteiger partial charge in [-0.1, -0.05) is 38.5 Å². The molecule has 6 rings (SSSR count). The predicted octanol–water partition coefficient (Wildman–Crippen LogP) is 7.40. The molecular weight excluding hydrogens is 480 g/mol. The van der Waals surface area contributed by atoms with E-state index in [2.05, 4.69) is 20.8 Å². The maximum Gasteiger partial charge on any atom is 0.296 e. The monoisotopic (exact) mass is 528 g/mol. The van der Waals surface area contributed by atoms with Crippen LogP contribution in [0.4, 0.5) is 0 Å². The van der Waals surface area contributed by atoms with Crippen LogP contribution < -0.4 is 0 Å². The molecule has 37 heavy (non-hydrogen) atoms. The van der Waals surface area contributed by atoms with E-state index in [1.807, 2.05) is 26.2 Å². The Balaban J connectivity index is 1.09. The van der Waals surface area contributed by atoms with Crippen molar-refractivity contribution in [1.82, 2.24) is 0 Å². The molecule has 1 aromatic rings. The number of ether oxygens (including phenoxy) is 1. The molecule has 0 saturated heterocycles. The smallest absolute Gasteiger partial charge is 0.296 e. The molecule has 0 heterocycles. The minimum absolute atomic E-state index is 0.256. The van der Waals surface area contributed by atoms with Crippen molar-refractivity contribution in [2.75, 3.05) is 13.7 Å². The van der Waals surface area contributed by atoms with Crippen LogP contribution in [0.5, 0.6) is 0 Å². The minimum atomic E-state index is -3.67. The lowest BCUT2D eigenvalue weighted by atomic mass is 9.45. The zero-order valence-electron chi connectivity index (χ0n) is 23.7. The summed E-state index contributed by atoms with van der Waals surface area (Å²) >= 11 is 0. The molecule has 4 nitrogen and oxygen atoms in total. The van der Waals surface area contributed by atoms with Gasteiger partial charge in [0.1, 0.15) is 0 Å². The third-order valence-electron chi connectivity index (χ3n) is 12.9. The number of rotatable bonds is 8. The molecule has 5 saturated carbocycles. The third-order valence-corrected chi connectivity index (χ3v) is 14.3. The Hall–Kier alpha value is -0.910. The standard InChI is InChI=1S/C32H48O4S/c1-21-8-10-24(11-9-21)37(33,34)36-18-6-7-22(2)26-12-13-27-25-19-29(35-5)32-20-23(32)14-17-31(32,4)28(25)15-16-30(26,27)3/h8-11,22-23,25-29H,6-7,12-20H2,1-5H3/t22-,23+,25+,26-,27+,28+,29-,30-,31-,32+/m1/s1. The molecule has 0 bridgehead atoms. The lowest BCUT2D eigenvalue weighted by molar-refractivity contribution is -0.161. The zero-order valence-corrected chi connectivity index (χ0v) is 24.5. The number of benzene rings is 1. The van der Waals surface area contributed by atoms with Gasteiger partial charge < -0.3 is 4.74 Å². The predicted molar refractivity (Wildman–Crippen MR) is 147 cm³/mol. The molecule has 0 radical (unpaired) electrons. The lowest BCUT2D eigenvalue weighted by Gasteiger charge is -2.61. The van der Waals surface area contributed by atoms with Gasteiger partial charge >= 0.3 is 0 Å². The van der Waals surface area contributed by atoms with Crippen molar-refractivity contribution in [3.63, 3.8) is 0 Å². The van der Waals surface area contributed by atoms with Crippen molar-refractivity contribution in [1.29, 1.82) is 0 Å². The van der Waals surface area contributed by atoms with Gasteiger partial charge in [0.2, 0.25) is 0 Å². The highest BCUT2D eigenvalue weighted by molar-refractivity contribution is 7.86. The highest BCUT2D eigenvalue weighted by Crippen LogP contribution is 2.82. The van der Waals surface area contributed by atoms with Crippen molar-refractivity contribution < 1.29 is 17.3 Å². The summed E-state index contributed by atoms with van der Waals surface area (Å²) in [5.74, 6) is 4.79. The molecule has 5 fully saturated rings. The van der Waals surface area contributed by atoms with E-state index in [0.29, 0.717) is 28.3 Å². The summed E-state index contributed by atoms with van der Waals surface area (Å²) in [6.07, 6.45) is 13.4. The highest BCUT2D eigenvalue weighted by Gasteiger charge is 2.77. The lowest BCUT2D eigenvalue weighted by Crippen LogP contribution is -2.57. The van der Waals surface area contributed by atoms with Gasteiger partial charge in [-0.3, -0.25) is 4.18 Å². The second-order valence-electron chi connectivity index (χ2n) is 14.2. The molecule has 10 atom stereocenters. The van der Waals surface area contributed by atoms with Crippen molar-refractivity contribution in [2.45, 2.75) is 103 Å². The first-order valence-corrected chi connectivity index (χ1v) is 16.5. The van der Waals surface area contributed by atoms with Crippen LogP contribution in [0, 0.1) is 58.7 Å². The maximum absolute atomic E-state index is 12.6. The van der Waals surface area contributed by atoms with Crippen molar-refractivity contribution in [3.8, 4) is 0 Å². The Morgan fingerprint density at radius 2 is 1.78 bits per heavy atom. The topological polar surface area (TPSA) is 52.6 Å². The summed E-state index contributed by atoms with van der Waals surface area (Å²) in [6, 6.07) is 6.92. The number of hydrogen-bond donors (Lipinski definition) is 0. The van der Waals surface area contributed by atoms with Crippen molar-refractivity contribution >= 4 is 10.1 Å². The fraction of sp³-hybridized carbons (Fsp3) is 0.812. The number of fused-ring (bicyclic) bond motifs is 4. The summed E-state index contributed by atoms with van der Waals surface area (Å²) in [4.78, 5) is 0.256. The zero-order chi connectivity index (χ0) is 26.2. The summed E-state index contributed by atoms with van der Waals surface area (Å²) in [6.45, 7) is 9.92.